The lowest BCUT2D eigenvalue weighted by molar-refractivity contribution is -0.270. The van der Waals surface area contributed by atoms with Crippen LogP contribution >= 0.6 is 0 Å². The Kier molecular flexibility index (Phi) is 42.0. The van der Waals surface area contributed by atoms with E-state index in [0.717, 1.165) is 19.3 Å². The van der Waals surface area contributed by atoms with Gasteiger partial charge in [0.1, 0.15) is 48.7 Å². The average molecular weight is 1340 g/mol. The van der Waals surface area contributed by atoms with Gasteiger partial charge in [0.2, 0.25) is 47.3 Å². The molecule has 2 rings (SSSR count). The van der Waals surface area contributed by atoms with Crippen LogP contribution in [0.25, 0.3) is 0 Å². The average Bonchev–Trinajstić information content (AvgIpc) is 0.886. The molecule has 2 saturated heterocycles. The van der Waals surface area contributed by atoms with E-state index in [-0.39, 0.29) is 107 Å². The van der Waals surface area contributed by atoms with Gasteiger partial charge in [-0.1, -0.05) is 19.8 Å². The topological polar surface area (TPSA) is 431 Å². The molecule has 12 atom stereocenters. The summed E-state index contributed by atoms with van der Waals surface area (Å²) in [6.07, 6.45) is -1.55. The number of ether oxygens (including phenoxy) is 7. The molecule has 30 nitrogen and oxygen atoms in total. The Bertz CT molecular complexity index is 2070. The van der Waals surface area contributed by atoms with Crippen LogP contribution in [-0.2, 0) is 71.5 Å². The lowest BCUT2D eigenvalue weighted by Crippen LogP contribution is -2.64. The van der Waals surface area contributed by atoms with Crippen LogP contribution in [-0.4, -0.2) is 255 Å². The normalized spacial score (nSPS) is 22.6. The fourth-order valence-corrected chi connectivity index (χ4v) is 9.80. The highest BCUT2D eigenvalue weighted by atomic mass is 16.7. The number of carbonyl (C=O) groups is 8. The Morgan fingerprint density at radius 1 is 0.473 bits per heavy atom. The molecule has 540 valence electrons. The van der Waals surface area contributed by atoms with Gasteiger partial charge in [-0.2, -0.15) is 0 Å². The summed E-state index contributed by atoms with van der Waals surface area (Å²) in [5, 5.41) is 86.0. The van der Waals surface area contributed by atoms with E-state index < -0.39 is 103 Å². The Balaban J connectivity index is 1.85. The maximum atomic E-state index is 13.0. The van der Waals surface area contributed by atoms with Gasteiger partial charge in [0, 0.05) is 105 Å². The quantitative estimate of drug-likeness (QED) is 0.0325. The molecule has 2 fully saturated rings. The smallest absolute Gasteiger partial charge is 0.220 e. The van der Waals surface area contributed by atoms with Crippen molar-refractivity contribution in [2.45, 2.75) is 262 Å². The monoisotopic (exact) mass is 1340 g/mol. The molecule has 0 saturated carbocycles. The summed E-state index contributed by atoms with van der Waals surface area (Å²) in [4.78, 5) is 99.2. The Labute approximate surface area is 549 Å². The summed E-state index contributed by atoms with van der Waals surface area (Å²) in [7, 11) is 1.77. The van der Waals surface area contributed by atoms with Gasteiger partial charge in [-0.15, -0.1) is 0 Å². The Morgan fingerprint density at radius 2 is 0.817 bits per heavy atom. The highest BCUT2D eigenvalue weighted by Gasteiger charge is 2.47. The van der Waals surface area contributed by atoms with Crippen molar-refractivity contribution in [3.8, 4) is 0 Å². The minimum Gasteiger partial charge on any atom is -0.394 e. The van der Waals surface area contributed by atoms with E-state index in [4.69, 9.17) is 33.2 Å². The molecule has 15 N–H and O–H groups in total. The minimum absolute atomic E-state index is 0.0140. The van der Waals surface area contributed by atoms with Gasteiger partial charge in [0.05, 0.1) is 55.9 Å². The van der Waals surface area contributed by atoms with E-state index in [9.17, 15) is 69.0 Å². The van der Waals surface area contributed by atoms with Crippen molar-refractivity contribution in [3.05, 3.63) is 0 Å². The first-order valence-electron chi connectivity index (χ1n) is 33.3. The predicted octanol–water partition coefficient (Wildman–Crippen LogP) is -1.01. The van der Waals surface area contributed by atoms with Gasteiger partial charge < -0.3 is 112 Å². The minimum atomic E-state index is -1.42. The molecule has 93 heavy (non-hydrogen) atoms. The number of likely N-dealkylation sites (N-methyl/N-ethyl adjacent to an activating group) is 1. The Morgan fingerprint density at radius 3 is 1.15 bits per heavy atom. The summed E-state index contributed by atoms with van der Waals surface area (Å²) >= 11 is 0. The molecule has 0 spiro atoms. The third kappa shape index (κ3) is 36.2. The number of aliphatic hydroxyl groups is 6. The van der Waals surface area contributed by atoms with E-state index in [1.54, 1.807) is 7.05 Å². The molecule has 8 amide bonds. The molecule has 0 radical (unpaired) electrons. The number of rotatable bonds is 51. The molecule has 2 aliphatic rings. The predicted molar refractivity (Wildman–Crippen MR) is 341 cm³/mol. The third-order valence-electron chi connectivity index (χ3n) is 16.0. The molecule has 0 aromatic heterocycles. The number of amides is 8. The van der Waals surface area contributed by atoms with E-state index in [1.807, 2.05) is 34.6 Å². The van der Waals surface area contributed by atoms with Crippen LogP contribution in [0.3, 0.4) is 0 Å². The molecule has 0 aliphatic carbocycles. The first kappa shape index (κ1) is 84.3. The van der Waals surface area contributed by atoms with Crippen LogP contribution in [0.2, 0.25) is 0 Å². The largest absolute Gasteiger partial charge is 0.394 e. The van der Waals surface area contributed by atoms with Crippen LogP contribution in [0.15, 0.2) is 0 Å². The molecule has 2 heterocycles. The zero-order valence-electron chi connectivity index (χ0n) is 56.8. The fourth-order valence-electron chi connectivity index (χ4n) is 9.80. The number of nitrogens with one attached hydrogen (secondary N) is 9. The van der Waals surface area contributed by atoms with Crippen LogP contribution in [0.5, 0.6) is 0 Å². The van der Waals surface area contributed by atoms with Crippen LogP contribution in [0.4, 0.5) is 0 Å². The highest BCUT2D eigenvalue weighted by molar-refractivity contribution is 5.78. The molecule has 2 aliphatic heterocycles. The second kappa shape index (κ2) is 46.4. The summed E-state index contributed by atoms with van der Waals surface area (Å²) in [6, 6.07) is -2.11. The van der Waals surface area contributed by atoms with E-state index in [0.29, 0.717) is 110 Å². The lowest BCUT2D eigenvalue weighted by Gasteiger charge is -2.42. The fraction of sp³-hybridized carbons (Fsp3) is 0.873. The maximum Gasteiger partial charge on any atom is 0.220 e. The van der Waals surface area contributed by atoms with Crippen molar-refractivity contribution in [1.29, 1.82) is 0 Å². The zero-order valence-corrected chi connectivity index (χ0v) is 56.8. The van der Waals surface area contributed by atoms with Crippen molar-refractivity contribution in [1.82, 2.24) is 47.9 Å². The number of unbranched alkanes of at least 4 members (excludes halogenated alkanes) is 4. The van der Waals surface area contributed by atoms with Gasteiger partial charge in [-0.25, -0.2) is 0 Å². The number of hydrogen-bond donors (Lipinski definition) is 15. The zero-order chi connectivity index (χ0) is 69.4. The van der Waals surface area contributed by atoms with Gasteiger partial charge in [0.25, 0.3) is 0 Å². The van der Waals surface area contributed by atoms with Gasteiger partial charge in [-0.3, -0.25) is 38.4 Å². The van der Waals surface area contributed by atoms with E-state index >= 15 is 0 Å². The lowest BCUT2D eigenvalue weighted by atomic mass is 9.97. The summed E-state index contributed by atoms with van der Waals surface area (Å²) in [5.41, 5.74) is -2.49. The molecular weight excluding hydrogens is 1220 g/mol. The van der Waals surface area contributed by atoms with Gasteiger partial charge in [0.15, 0.2) is 12.6 Å². The standard InChI is InChI=1S/C63H117N9O21/c1-10-11-12-20-47(77)65-29-17-32-68-50(80)24-23-42(2)89-39-63(64-9,40-90-61(5,6)27-25-51(81)69-33-18-30-66-48(78)21-13-15-35-87-59-53(71-43(3)75)57(85)55(83)45(37-73)92-59)41-91-62(7,8)28-26-52(82)70-34-19-31-67-49(79)22-14-16-36-88-60-54(72-44(4)76)58(86)56(84)46(38-74)93-60/h42,45-46,53-60,64,73-74,83-86H,10-41H2,1-9H3,(H,65,77)(H,66,78)(H,67,79)(H,68,80)(H,69,81)(H,70,82)(H,71,75)(H,72,76)/t42?,45?,46?,53?,54?,55-,56-,57?,58?,59+,60?,63?/m0/s1. The molecular formula is C63H117N9O21. The van der Waals surface area contributed by atoms with Crippen LogP contribution < -0.4 is 47.9 Å². The SMILES string of the molecule is CCCCCC(=O)NCCCNC(=O)CCC(C)OCC(COC(C)(C)CCC(=O)NCCCNC(=O)CCCCOC1OC(CO)[C@H](O)C(O)C1NC(C)=O)(COC(C)(C)CCC(=O)NCCCNC(=O)CCCCO[C@@H]1OC(CO)[C@H](O)C(O)C1NC(C)=O)NC. The summed E-state index contributed by atoms with van der Waals surface area (Å²) < 4.78 is 42.0. The number of hydrogen-bond acceptors (Lipinski definition) is 22. The number of carbonyl (C=O) groups excluding carboxylic acids is 8. The van der Waals surface area contributed by atoms with Crippen molar-refractivity contribution >= 4 is 47.3 Å². The second-order valence-corrected chi connectivity index (χ2v) is 25.4. The summed E-state index contributed by atoms with van der Waals surface area (Å²) in [6.45, 7) is 15.7. The molecule has 0 aromatic rings. The number of aliphatic hydroxyl groups excluding tert-OH is 6. The van der Waals surface area contributed by atoms with E-state index in [2.05, 4.69) is 54.8 Å². The molecule has 30 heteroatoms. The van der Waals surface area contributed by atoms with Crippen molar-refractivity contribution in [2.24, 2.45) is 0 Å². The van der Waals surface area contributed by atoms with Gasteiger partial charge >= 0.3 is 0 Å². The molecule has 0 bridgehead atoms. The van der Waals surface area contributed by atoms with Crippen molar-refractivity contribution in [3.63, 3.8) is 0 Å². The van der Waals surface area contributed by atoms with E-state index in [1.165, 1.54) is 13.8 Å². The first-order chi connectivity index (χ1) is 44.1. The maximum absolute atomic E-state index is 13.0. The van der Waals surface area contributed by atoms with Crippen LogP contribution in [0, 0.1) is 0 Å². The van der Waals surface area contributed by atoms with Crippen molar-refractivity contribution in [2.75, 3.05) is 92.6 Å². The third-order valence-corrected chi connectivity index (χ3v) is 16.0. The Hall–Kier alpha value is -4.80. The van der Waals surface area contributed by atoms with Crippen molar-refractivity contribution < 1.29 is 102 Å². The van der Waals surface area contributed by atoms with Gasteiger partial charge in [-0.05, 0) is 112 Å². The molecule has 9 unspecified atom stereocenters. The first-order valence-corrected chi connectivity index (χ1v) is 33.3. The van der Waals surface area contributed by atoms with Crippen LogP contribution in [0.1, 0.15) is 177 Å². The highest BCUT2D eigenvalue weighted by Crippen LogP contribution is 2.26. The molecule has 0 aromatic carbocycles. The second-order valence-electron chi connectivity index (χ2n) is 25.4. The summed E-state index contributed by atoms with van der Waals surface area (Å²) in [5.74, 6) is -1.80.